The van der Waals surface area contributed by atoms with Crippen molar-refractivity contribution in [2.24, 2.45) is 5.84 Å². The lowest BCUT2D eigenvalue weighted by atomic mass is 10.0. The number of rotatable bonds is 5. The number of hydrogen-bond donors (Lipinski definition) is 2. The lowest BCUT2D eigenvalue weighted by Gasteiger charge is -2.18. The third-order valence-corrected chi connectivity index (χ3v) is 3.40. The van der Waals surface area contributed by atoms with Gasteiger partial charge in [-0.1, -0.05) is 12.1 Å². The van der Waals surface area contributed by atoms with Crippen LogP contribution in [0.3, 0.4) is 0 Å². The van der Waals surface area contributed by atoms with Gasteiger partial charge in [-0.15, -0.1) is 0 Å². The summed E-state index contributed by atoms with van der Waals surface area (Å²) in [5.41, 5.74) is 4.65. The zero-order valence-corrected chi connectivity index (χ0v) is 12.2. The van der Waals surface area contributed by atoms with Crippen LogP contribution in [0.4, 0.5) is 0 Å². The number of aromatic nitrogens is 1. The minimum atomic E-state index is -0.184. The molecule has 2 rings (SSSR count). The van der Waals surface area contributed by atoms with E-state index >= 15 is 0 Å². The predicted molar refractivity (Wildman–Crippen MR) is 78.7 cm³/mol. The van der Waals surface area contributed by atoms with Gasteiger partial charge in [0, 0.05) is 10.7 Å². The van der Waals surface area contributed by atoms with Crippen LogP contribution in [0.25, 0.3) is 0 Å². The first-order valence-electron chi connectivity index (χ1n) is 6.05. The van der Waals surface area contributed by atoms with Gasteiger partial charge < -0.3 is 4.74 Å². The molecule has 0 saturated carbocycles. The van der Waals surface area contributed by atoms with Crippen LogP contribution in [-0.2, 0) is 0 Å². The highest BCUT2D eigenvalue weighted by molar-refractivity contribution is 9.10. The smallest absolute Gasteiger partial charge is 0.119 e. The minimum Gasteiger partial charge on any atom is -0.494 e. The van der Waals surface area contributed by atoms with Gasteiger partial charge in [0.15, 0.2) is 0 Å². The molecule has 0 bridgehead atoms. The molecule has 3 N–H and O–H groups in total. The average molecular weight is 322 g/mol. The van der Waals surface area contributed by atoms with Crippen molar-refractivity contribution < 1.29 is 4.74 Å². The van der Waals surface area contributed by atoms with Gasteiger partial charge >= 0.3 is 0 Å². The van der Waals surface area contributed by atoms with Crippen LogP contribution >= 0.6 is 15.9 Å². The van der Waals surface area contributed by atoms with E-state index in [4.69, 9.17) is 10.6 Å². The molecular weight excluding hydrogens is 306 g/mol. The summed E-state index contributed by atoms with van der Waals surface area (Å²) in [4.78, 5) is 4.37. The molecule has 1 aromatic heterocycles. The van der Waals surface area contributed by atoms with E-state index in [2.05, 4.69) is 26.3 Å². The lowest BCUT2D eigenvalue weighted by Crippen LogP contribution is -2.29. The van der Waals surface area contributed by atoms with Crippen molar-refractivity contribution in [2.45, 2.75) is 13.0 Å². The number of hydrogen-bond acceptors (Lipinski definition) is 4. The van der Waals surface area contributed by atoms with E-state index in [1.54, 1.807) is 6.20 Å². The first kappa shape index (κ1) is 14.0. The standard InChI is InChI=1S/C14H16BrN3O/c1-2-19-11-6-3-5-10(9-11)13(18-16)14-12(15)7-4-8-17-14/h3-9,13,18H,2,16H2,1H3. The van der Waals surface area contributed by atoms with Crippen LogP contribution in [0, 0.1) is 0 Å². The van der Waals surface area contributed by atoms with Gasteiger partial charge in [-0.05, 0) is 52.7 Å². The summed E-state index contributed by atoms with van der Waals surface area (Å²) in [5, 5.41) is 0. The van der Waals surface area contributed by atoms with E-state index in [0.717, 1.165) is 21.5 Å². The largest absolute Gasteiger partial charge is 0.494 e. The van der Waals surface area contributed by atoms with E-state index in [9.17, 15) is 0 Å². The van der Waals surface area contributed by atoms with Crippen LogP contribution in [0.2, 0.25) is 0 Å². The molecule has 1 unspecified atom stereocenters. The Morgan fingerprint density at radius 2 is 2.21 bits per heavy atom. The van der Waals surface area contributed by atoms with Gasteiger partial charge in [0.25, 0.3) is 0 Å². The second-order valence-electron chi connectivity index (χ2n) is 3.98. The quantitative estimate of drug-likeness (QED) is 0.656. The molecule has 0 radical (unpaired) electrons. The Morgan fingerprint density at radius 3 is 2.89 bits per heavy atom. The van der Waals surface area contributed by atoms with E-state index in [1.165, 1.54) is 0 Å². The van der Waals surface area contributed by atoms with Crippen molar-refractivity contribution in [2.75, 3.05) is 6.61 Å². The van der Waals surface area contributed by atoms with Crippen LogP contribution in [0.5, 0.6) is 5.75 Å². The number of pyridine rings is 1. The maximum Gasteiger partial charge on any atom is 0.119 e. The summed E-state index contributed by atoms with van der Waals surface area (Å²) in [6.07, 6.45) is 1.75. The van der Waals surface area contributed by atoms with Gasteiger partial charge in [0.1, 0.15) is 5.75 Å². The number of halogens is 1. The highest BCUT2D eigenvalue weighted by atomic mass is 79.9. The lowest BCUT2D eigenvalue weighted by molar-refractivity contribution is 0.339. The Morgan fingerprint density at radius 1 is 1.37 bits per heavy atom. The molecule has 0 spiro atoms. The third-order valence-electron chi connectivity index (χ3n) is 2.73. The zero-order chi connectivity index (χ0) is 13.7. The molecule has 5 heteroatoms. The Bertz CT molecular complexity index is 548. The van der Waals surface area contributed by atoms with Crippen LogP contribution in [0.15, 0.2) is 47.1 Å². The summed E-state index contributed by atoms with van der Waals surface area (Å²) in [6, 6.07) is 11.5. The maximum absolute atomic E-state index is 5.68. The fourth-order valence-corrected chi connectivity index (χ4v) is 2.38. The second kappa shape index (κ2) is 6.65. The predicted octanol–water partition coefficient (Wildman–Crippen LogP) is 2.80. The first-order chi connectivity index (χ1) is 9.26. The van der Waals surface area contributed by atoms with Crippen molar-refractivity contribution in [3.8, 4) is 5.75 Å². The normalized spacial score (nSPS) is 12.2. The summed E-state index contributed by atoms with van der Waals surface area (Å²) in [7, 11) is 0. The van der Waals surface area contributed by atoms with E-state index < -0.39 is 0 Å². The Balaban J connectivity index is 2.37. The van der Waals surface area contributed by atoms with Crippen molar-refractivity contribution >= 4 is 15.9 Å². The molecule has 0 saturated heterocycles. The minimum absolute atomic E-state index is 0.184. The number of nitrogens with one attached hydrogen (secondary N) is 1. The van der Waals surface area contributed by atoms with Crippen LogP contribution in [0.1, 0.15) is 24.2 Å². The van der Waals surface area contributed by atoms with E-state index in [-0.39, 0.29) is 6.04 Å². The molecule has 0 amide bonds. The van der Waals surface area contributed by atoms with Gasteiger partial charge in [-0.2, -0.15) is 0 Å². The van der Waals surface area contributed by atoms with Crippen LogP contribution < -0.4 is 16.0 Å². The molecule has 1 atom stereocenters. The fraction of sp³-hybridized carbons (Fsp3) is 0.214. The van der Waals surface area contributed by atoms with Crippen LogP contribution in [-0.4, -0.2) is 11.6 Å². The highest BCUT2D eigenvalue weighted by Crippen LogP contribution is 2.27. The molecule has 1 heterocycles. The molecular formula is C14H16BrN3O. The summed E-state index contributed by atoms with van der Waals surface area (Å²) in [6.45, 7) is 2.60. The molecule has 0 aliphatic carbocycles. The molecule has 100 valence electrons. The first-order valence-corrected chi connectivity index (χ1v) is 6.85. The monoisotopic (exact) mass is 321 g/mol. The van der Waals surface area contributed by atoms with Crippen molar-refractivity contribution in [3.05, 3.63) is 58.3 Å². The van der Waals surface area contributed by atoms with Crippen molar-refractivity contribution in [1.82, 2.24) is 10.4 Å². The third kappa shape index (κ3) is 3.32. The molecule has 0 fully saturated rings. The van der Waals surface area contributed by atoms with E-state index in [0.29, 0.717) is 6.61 Å². The maximum atomic E-state index is 5.68. The summed E-state index contributed by atoms with van der Waals surface area (Å²) in [5.74, 6) is 6.50. The Hall–Kier alpha value is -1.43. The van der Waals surface area contributed by atoms with E-state index in [1.807, 2.05) is 43.3 Å². The van der Waals surface area contributed by atoms with Gasteiger partial charge in [-0.25, -0.2) is 5.43 Å². The second-order valence-corrected chi connectivity index (χ2v) is 4.83. The molecule has 19 heavy (non-hydrogen) atoms. The molecule has 2 aromatic rings. The number of nitrogens with two attached hydrogens (primary N) is 1. The summed E-state index contributed by atoms with van der Waals surface area (Å²) >= 11 is 3.49. The van der Waals surface area contributed by atoms with Crippen molar-refractivity contribution in [3.63, 3.8) is 0 Å². The molecule has 1 aromatic carbocycles. The summed E-state index contributed by atoms with van der Waals surface area (Å²) < 4.78 is 6.42. The Labute approximate surface area is 121 Å². The molecule has 0 aliphatic rings. The van der Waals surface area contributed by atoms with Gasteiger partial charge in [-0.3, -0.25) is 10.8 Å². The fourth-order valence-electron chi connectivity index (χ4n) is 1.89. The number of nitrogens with zero attached hydrogens (tertiary/aromatic N) is 1. The zero-order valence-electron chi connectivity index (χ0n) is 10.6. The number of ether oxygens (including phenoxy) is 1. The highest BCUT2D eigenvalue weighted by Gasteiger charge is 2.17. The Kier molecular flexibility index (Phi) is 4.90. The molecule has 0 aliphatic heterocycles. The molecule has 4 nitrogen and oxygen atoms in total. The number of benzene rings is 1. The number of hydrazine groups is 1. The van der Waals surface area contributed by atoms with Gasteiger partial charge in [0.05, 0.1) is 18.3 Å². The topological polar surface area (TPSA) is 60.2 Å². The van der Waals surface area contributed by atoms with Gasteiger partial charge in [0.2, 0.25) is 0 Å². The SMILES string of the molecule is CCOc1cccc(C(NN)c2ncccc2Br)c1. The van der Waals surface area contributed by atoms with Crippen molar-refractivity contribution in [1.29, 1.82) is 0 Å². The average Bonchev–Trinajstić information content (AvgIpc) is 2.43.